The van der Waals surface area contributed by atoms with E-state index in [-0.39, 0.29) is 5.79 Å². The fraction of sp³-hybridized carbons (Fsp3) is 1.00. The zero-order chi connectivity index (χ0) is 9.03. The molecule has 0 bridgehead atoms. The van der Waals surface area contributed by atoms with Gasteiger partial charge >= 0.3 is 0 Å². The van der Waals surface area contributed by atoms with Crippen LogP contribution < -0.4 is 0 Å². The van der Waals surface area contributed by atoms with Crippen LogP contribution in [0.5, 0.6) is 0 Å². The third kappa shape index (κ3) is 2.21. The molecule has 72 valence electrons. The van der Waals surface area contributed by atoms with Gasteiger partial charge < -0.3 is 9.47 Å². The van der Waals surface area contributed by atoms with Crippen molar-refractivity contribution in [2.45, 2.75) is 45.0 Å². The van der Waals surface area contributed by atoms with E-state index >= 15 is 0 Å². The van der Waals surface area contributed by atoms with Crippen LogP contribution in [-0.4, -0.2) is 23.8 Å². The van der Waals surface area contributed by atoms with Crippen LogP contribution in [0.1, 0.15) is 33.1 Å². The van der Waals surface area contributed by atoms with Crippen molar-refractivity contribution < 1.29 is 9.47 Å². The zero-order valence-electron chi connectivity index (χ0n) is 7.81. The van der Waals surface area contributed by atoms with Gasteiger partial charge in [0, 0.05) is 5.33 Å². The number of hydrogen-bond donors (Lipinski definition) is 0. The Kier molecular flexibility index (Phi) is 4.00. The predicted molar refractivity (Wildman–Crippen MR) is 52.5 cm³/mol. The zero-order valence-corrected chi connectivity index (χ0v) is 9.39. The van der Waals surface area contributed by atoms with Crippen LogP contribution in [0.15, 0.2) is 0 Å². The highest BCUT2D eigenvalue weighted by Gasteiger charge is 2.37. The lowest BCUT2D eigenvalue weighted by molar-refractivity contribution is -0.171. The number of alkyl halides is 1. The molecule has 0 radical (unpaired) electrons. The molecule has 0 spiro atoms. The largest absolute Gasteiger partial charge is 0.347 e. The van der Waals surface area contributed by atoms with Gasteiger partial charge in [0.1, 0.15) is 0 Å². The molecule has 0 aromatic heterocycles. The summed E-state index contributed by atoms with van der Waals surface area (Å²) in [5.41, 5.74) is 0. The summed E-state index contributed by atoms with van der Waals surface area (Å²) in [6.45, 7) is 4.98. The number of ether oxygens (including phenoxy) is 2. The molecule has 1 aliphatic rings. The first-order valence-electron chi connectivity index (χ1n) is 4.64. The van der Waals surface area contributed by atoms with Crippen LogP contribution in [0.3, 0.4) is 0 Å². The highest BCUT2D eigenvalue weighted by molar-refractivity contribution is 9.09. The average molecular weight is 237 g/mol. The topological polar surface area (TPSA) is 18.5 Å². The van der Waals surface area contributed by atoms with Gasteiger partial charge in [-0.15, -0.1) is 0 Å². The molecule has 0 aromatic carbocycles. The molecule has 0 N–H and O–H groups in total. The van der Waals surface area contributed by atoms with E-state index in [9.17, 15) is 0 Å². The fourth-order valence-electron chi connectivity index (χ4n) is 1.50. The van der Waals surface area contributed by atoms with Gasteiger partial charge in [-0.2, -0.15) is 0 Å². The van der Waals surface area contributed by atoms with Crippen molar-refractivity contribution in [3.8, 4) is 0 Å². The quantitative estimate of drug-likeness (QED) is 0.700. The van der Waals surface area contributed by atoms with Crippen molar-refractivity contribution in [2.75, 3.05) is 11.9 Å². The Morgan fingerprint density at radius 2 is 2.08 bits per heavy atom. The van der Waals surface area contributed by atoms with E-state index in [1.807, 2.05) is 0 Å². The summed E-state index contributed by atoms with van der Waals surface area (Å²) in [5, 5.41) is 0.991. The second-order valence-corrected chi connectivity index (χ2v) is 3.94. The lowest BCUT2D eigenvalue weighted by Crippen LogP contribution is -2.28. The van der Waals surface area contributed by atoms with Crippen molar-refractivity contribution in [3.63, 3.8) is 0 Å². The minimum atomic E-state index is -0.271. The summed E-state index contributed by atoms with van der Waals surface area (Å²) in [6.07, 6.45) is 3.23. The molecule has 0 unspecified atom stereocenters. The molecule has 2 nitrogen and oxygen atoms in total. The second-order valence-electron chi connectivity index (χ2n) is 3.15. The molecular formula is C9H17BrO2. The third-order valence-corrected chi connectivity index (χ3v) is 2.88. The summed E-state index contributed by atoms with van der Waals surface area (Å²) >= 11 is 3.41. The van der Waals surface area contributed by atoms with Gasteiger partial charge in [-0.05, 0) is 19.3 Å². The van der Waals surface area contributed by atoms with Gasteiger partial charge in [0.25, 0.3) is 0 Å². The van der Waals surface area contributed by atoms with Crippen LogP contribution in [-0.2, 0) is 9.47 Å². The summed E-state index contributed by atoms with van der Waals surface area (Å²) in [4.78, 5) is 0. The van der Waals surface area contributed by atoms with Gasteiger partial charge in [0.15, 0.2) is 5.79 Å². The maximum absolute atomic E-state index is 5.84. The monoisotopic (exact) mass is 236 g/mol. The molecule has 1 heterocycles. The maximum atomic E-state index is 5.84. The van der Waals surface area contributed by atoms with E-state index in [0.717, 1.165) is 31.2 Å². The van der Waals surface area contributed by atoms with E-state index in [1.165, 1.54) is 0 Å². The Morgan fingerprint density at radius 3 is 2.50 bits per heavy atom. The van der Waals surface area contributed by atoms with Crippen LogP contribution in [0, 0.1) is 0 Å². The molecule has 1 aliphatic heterocycles. The lowest BCUT2D eigenvalue weighted by atomic mass is 10.1. The molecule has 1 fully saturated rings. The summed E-state index contributed by atoms with van der Waals surface area (Å²) in [6, 6.07) is 0. The molecule has 0 aliphatic carbocycles. The van der Waals surface area contributed by atoms with E-state index in [1.54, 1.807) is 0 Å². The first-order valence-corrected chi connectivity index (χ1v) is 5.76. The van der Waals surface area contributed by atoms with Crippen molar-refractivity contribution >= 4 is 15.9 Å². The van der Waals surface area contributed by atoms with Crippen molar-refractivity contribution in [3.05, 3.63) is 0 Å². The molecule has 0 saturated carbocycles. The predicted octanol–water partition coefficient (Wildman–Crippen LogP) is 2.70. The SMILES string of the molecule is CCC1(CC)OC[C@H](CCBr)O1. The summed E-state index contributed by atoms with van der Waals surface area (Å²) < 4.78 is 11.5. The summed E-state index contributed by atoms with van der Waals surface area (Å²) in [7, 11) is 0. The van der Waals surface area contributed by atoms with E-state index < -0.39 is 0 Å². The Morgan fingerprint density at radius 1 is 1.42 bits per heavy atom. The fourth-order valence-corrected chi connectivity index (χ4v) is 2.01. The van der Waals surface area contributed by atoms with Gasteiger partial charge in [0.2, 0.25) is 0 Å². The number of halogens is 1. The van der Waals surface area contributed by atoms with Crippen molar-refractivity contribution in [2.24, 2.45) is 0 Å². The lowest BCUT2D eigenvalue weighted by Gasteiger charge is -2.24. The van der Waals surface area contributed by atoms with Crippen molar-refractivity contribution in [1.29, 1.82) is 0 Å². The first kappa shape index (κ1) is 10.5. The average Bonchev–Trinajstić information content (AvgIpc) is 2.50. The highest BCUT2D eigenvalue weighted by Crippen LogP contribution is 2.31. The van der Waals surface area contributed by atoms with Crippen LogP contribution >= 0.6 is 15.9 Å². The minimum Gasteiger partial charge on any atom is -0.347 e. The Labute approximate surface area is 82.7 Å². The van der Waals surface area contributed by atoms with Crippen LogP contribution in [0.4, 0.5) is 0 Å². The Bertz CT molecular complexity index is 134. The molecule has 0 amide bonds. The number of rotatable bonds is 4. The van der Waals surface area contributed by atoms with E-state index in [4.69, 9.17) is 9.47 Å². The van der Waals surface area contributed by atoms with Gasteiger partial charge in [0.05, 0.1) is 12.7 Å². The summed E-state index contributed by atoms with van der Waals surface area (Å²) in [5.74, 6) is -0.271. The third-order valence-electron chi connectivity index (χ3n) is 2.42. The molecule has 1 atom stereocenters. The van der Waals surface area contributed by atoms with Crippen LogP contribution in [0.25, 0.3) is 0 Å². The molecule has 1 rings (SSSR count). The van der Waals surface area contributed by atoms with Gasteiger partial charge in [-0.1, -0.05) is 29.8 Å². The molecule has 3 heteroatoms. The van der Waals surface area contributed by atoms with Gasteiger partial charge in [-0.25, -0.2) is 0 Å². The van der Waals surface area contributed by atoms with Crippen molar-refractivity contribution in [1.82, 2.24) is 0 Å². The number of hydrogen-bond acceptors (Lipinski definition) is 2. The van der Waals surface area contributed by atoms with E-state index in [2.05, 4.69) is 29.8 Å². The van der Waals surface area contributed by atoms with E-state index in [0.29, 0.717) is 6.10 Å². The maximum Gasteiger partial charge on any atom is 0.168 e. The molecule has 12 heavy (non-hydrogen) atoms. The second kappa shape index (κ2) is 4.58. The molecule has 1 saturated heterocycles. The molecular weight excluding hydrogens is 220 g/mol. The Balaban J connectivity index is 2.41. The van der Waals surface area contributed by atoms with Crippen LogP contribution in [0.2, 0.25) is 0 Å². The first-order chi connectivity index (χ1) is 5.76. The minimum absolute atomic E-state index is 0.271. The normalized spacial score (nSPS) is 27.8. The Hall–Kier alpha value is 0.400. The highest BCUT2D eigenvalue weighted by atomic mass is 79.9. The molecule has 0 aromatic rings. The smallest absolute Gasteiger partial charge is 0.168 e. The van der Waals surface area contributed by atoms with Gasteiger partial charge in [-0.3, -0.25) is 0 Å². The standard InChI is InChI=1S/C9H17BrO2/c1-3-9(4-2)11-7-8(12-9)5-6-10/h8H,3-7H2,1-2H3/t8-/m0/s1.